The van der Waals surface area contributed by atoms with Gasteiger partial charge >= 0.3 is 0 Å². The highest BCUT2D eigenvalue weighted by Gasteiger charge is 2.14. The van der Waals surface area contributed by atoms with Crippen LogP contribution >= 0.6 is 34.8 Å². The Morgan fingerprint density at radius 3 is 2.41 bits per heavy atom. The van der Waals surface area contributed by atoms with Gasteiger partial charge < -0.3 is 4.98 Å². The molecule has 0 aliphatic rings. The van der Waals surface area contributed by atoms with E-state index in [9.17, 15) is 4.79 Å². The SMILES string of the molecule is Cc1c(-c2c(Cl)ccc(Cl)c2Cl)cc[nH]c1=O. The quantitative estimate of drug-likeness (QED) is 0.779. The molecule has 0 unspecified atom stereocenters. The number of benzene rings is 1. The Hall–Kier alpha value is -0.960. The van der Waals surface area contributed by atoms with Gasteiger partial charge in [-0.15, -0.1) is 0 Å². The van der Waals surface area contributed by atoms with Gasteiger partial charge in [-0.05, 0) is 30.7 Å². The Bertz CT molecular complexity index is 634. The van der Waals surface area contributed by atoms with E-state index in [0.717, 1.165) is 0 Å². The largest absolute Gasteiger partial charge is 0.329 e. The third kappa shape index (κ3) is 2.21. The molecule has 0 atom stereocenters. The Labute approximate surface area is 113 Å². The fourth-order valence-corrected chi connectivity index (χ4v) is 2.33. The Balaban J connectivity index is 2.82. The van der Waals surface area contributed by atoms with E-state index in [1.54, 1.807) is 31.3 Å². The highest BCUT2D eigenvalue weighted by atomic mass is 35.5. The molecule has 1 heterocycles. The van der Waals surface area contributed by atoms with E-state index in [-0.39, 0.29) is 5.56 Å². The van der Waals surface area contributed by atoms with Crippen molar-refractivity contribution in [2.75, 3.05) is 0 Å². The molecular formula is C12H8Cl3NO. The van der Waals surface area contributed by atoms with Crippen molar-refractivity contribution in [3.63, 3.8) is 0 Å². The normalized spacial score (nSPS) is 10.6. The average molecular weight is 289 g/mol. The first kappa shape index (κ1) is 12.5. The Morgan fingerprint density at radius 1 is 1.06 bits per heavy atom. The molecule has 2 aromatic rings. The molecule has 2 rings (SSSR count). The second-order valence-electron chi connectivity index (χ2n) is 3.56. The molecule has 0 aliphatic heterocycles. The minimum absolute atomic E-state index is 0.172. The molecule has 1 aromatic heterocycles. The van der Waals surface area contributed by atoms with Crippen molar-refractivity contribution < 1.29 is 0 Å². The van der Waals surface area contributed by atoms with Gasteiger partial charge in [0.1, 0.15) is 0 Å². The lowest BCUT2D eigenvalue weighted by molar-refractivity contribution is 1.18. The van der Waals surface area contributed by atoms with Gasteiger partial charge in [0, 0.05) is 17.3 Å². The lowest BCUT2D eigenvalue weighted by Gasteiger charge is -2.10. The fraction of sp³-hybridized carbons (Fsp3) is 0.0833. The van der Waals surface area contributed by atoms with E-state index < -0.39 is 0 Å². The maximum absolute atomic E-state index is 11.5. The summed E-state index contributed by atoms with van der Waals surface area (Å²) in [6.45, 7) is 1.71. The Morgan fingerprint density at radius 2 is 1.71 bits per heavy atom. The summed E-state index contributed by atoms with van der Waals surface area (Å²) < 4.78 is 0. The lowest BCUT2D eigenvalue weighted by Crippen LogP contribution is -2.09. The number of H-pyrrole nitrogens is 1. The highest BCUT2D eigenvalue weighted by Crippen LogP contribution is 2.39. The van der Waals surface area contributed by atoms with E-state index in [0.29, 0.717) is 31.8 Å². The molecule has 1 N–H and O–H groups in total. The first-order valence-corrected chi connectivity index (χ1v) is 5.98. The van der Waals surface area contributed by atoms with Crippen LogP contribution in [0.4, 0.5) is 0 Å². The van der Waals surface area contributed by atoms with Gasteiger partial charge in [-0.2, -0.15) is 0 Å². The van der Waals surface area contributed by atoms with Crippen LogP contribution in [0.1, 0.15) is 5.56 Å². The van der Waals surface area contributed by atoms with E-state index in [1.165, 1.54) is 0 Å². The van der Waals surface area contributed by atoms with Gasteiger partial charge in [0.05, 0.1) is 15.1 Å². The zero-order valence-electron chi connectivity index (χ0n) is 8.85. The van der Waals surface area contributed by atoms with Crippen molar-refractivity contribution in [2.24, 2.45) is 0 Å². The van der Waals surface area contributed by atoms with Crippen molar-refractivity contribution in [3.8, 4) is 11.1 Å². The second kappa shape index (κ2) is 4.73. The zero-order chi connectivity index (χ0) is 12.6. The molecule has 5 heteroatoms. The van der Waals surface area contributed by atoms with Crippen LogP contribution in [0.3, 0.4) is 0 Å². The number of hydrogen-bond donors (Lipinski definition) is 1. The topological polar surface area (TPSA) is 32.9 Å². The number of pyridine rings is 1. The molecule has 0 amide bonds. The average Bonchev–Trinajstić information content (AvgIpc) is 2.30. The van der Waals surface area contributed by atoms with Crippen LogP contribution < -0.4 is 5.56 Å². The number of nitrogens with one attached hydrogen (secondary N) is 1. The lowest BCUT2D eigenvalue weighted by atomic mass is 10.0. The van der Waals surface area contributed by atoms with Crippen molar-refractivity contribution in [1.82, 2.24) is 4.98 Å². The van der Waals surface area contributed by atoms with Crippen molar-refractivity contribution in [3.05, 3.63) is 55.4 Å². The number of rotatable bonds is 1. The van der Waals surface area contributed by atoms with E-state index >= 15 is 0 Å². The summed E-state index contributed by atoms with van der Waals surface area (Å²) in [4.78, 5) is 14.1. The van der Waals surface area contributed by atoms with Crippen LogP contribution in [0.2, 0.25) is 15.1 Å². The van der Waals surface area contributed by atoms with Crippen LogP contribution in [0.25, 0.3) is 11.1 Å². The summed E-state index contributed by atoms with van der Waals surface area (Å²) in [7, 11) is 0. The smallest absolute Gasteiger partial charge is 0.251 e. The monoisotopic (exact) mass is 287 g/mol. The molecule has 0 bridgehead atoms. The van der Waals surface area contributed by atoms with Crippen LogP contribution in [0.5, 0.6) is 0 Å². The second-order valence-corrected chi connectivity index (χ2v) is 4.76. The summed E-state index contributed by atoms with van der Waals surface area (Å²) in [6, 6.07) is 5.03. The maximum Gasteiger partial charge on any atom is 0.251 e. The van der Waals surface area contributed by atoms with Gasteiger partial charge in [-0.3, -0.25) is 4.79 Å². The predicted molar refractivity (Wildman–Crippen MR) is 72.3 cm³/mol. The molecular weight excluding hydrogens is 280 g/mol. The standard InChI is InChI=1S/C12H8Cl3NO/c1-6-7(4-5-16-12(6)17)10-8(13)2-3-9(14)11(10)15/h2-5H,1H3,(H,16,17). The fourth-order valence-electron chi connectivity index (χ4n) is 1.60. The molecule has 0 radical (unpaired) electrons. The van der Waals surface area contributed by atoms with Crippen molar-refractivity contribution in [2.45, 2.75) is 6.92 Å². The number of halogens is 3. The summed E-state index contributed by atoms with van der Waals surface area (Å²) in [5.41, 5.74) is 1.66. The van der Waals surface area contributed by atoms with E-state index in [2.05, 4.69) is 4.98 Å². The van der Waals surface area contributed by atoms with Crippen molar-refractivity contribution >= 4 is 34.8 Å². The van der Waals surface area contributed by atoms with Crippen LogP contribution in [0.15, 0.2) is 29.2 Å². The predicted octanol–water partition coefficient (Wildman–Crippen LogP) is 4.31. The highest BCUT2D eigenvalue weighted by molar-refractivity contribution is 6.46. The van der Waals surface area contributed by atoms with Gasteiger partial charge in [-0.1, -0.05) is 34.8 Å². The molecule has 0 spiro atoms. The minimum atomic E-state index is -0.172. The van der Waals surface area contributed by atoms with E-state index in [1.807, 2.05) is 0 Å². The summed E-state index contributed by atoms with van der Waals surface area (Å²) in [6.07, 6.45) is 1.55. The number of aromatic amines is 1. The summed E-state index contributed by atoms with van der Waals surface area (Å²) >= 11 is 18.2. The molecule has 1 aromatic carbocycles. The molecule has 2 nitrogen and oxygen atoms in total. The van der Waals surface area contributed by atoms with E-state index in [4.69, 9.17) is 34.8 Å². The summed E-state index contributed by atoms with van der Waals surface area (Å²) in [5.74, 6) is 0. The first-order valence-electron chi connectivity index (χ1n) is 4.84. The maximum atomic E-state index is 11.5. The molecule has 17 heavy (non-hydrogen) atoms. The van der Waals surface area contributed by atoms with Crippen LogP contribution in [-0.4, -0.2) is 4.98 Å². The molecule has 0 saturated carbocycles. The molecule has 0 saturated heterocycles. The van der Waals surface area contributed by atoms with Crippen LogP contribution in [-0.2, 0) is 0 Å². The third-order valence-corrected chi connectivity index (χ3v) is 3.64. The number of hydrogen-bond acceptors (Lipinski definition) is 1. The van der Waals surface area contributed by atoms with Gasteiger partial charge in [0.2, 0.25) is 0 Å². The molecule has 0 aliphatic carbocycles. The van der Waals surface area contributed by atoms with Gasteiger partial charge in [0.15, 0.2) is 0 Å². The number of aromatic nitrogens is 1. The van der Waals surface area contributed by atoms with Gasteiger partial charge in [-0.25, -0.2) is 0 Å². The molecule has 88 valence electrons. The molecule has 0 fully saturated rings. The first-order chi connectivity index (χ1) is 8.02. The Kier molecular flexibility index (Phi) is 3.48. The van der Waals surface area contributed by atoms with Crippen LogP contribution in [0, 0.1) is 6.92 Å². The summed E-state index contributed by atoms with van der Waals surface area (Å²) in [5, 5.41) is 1.23. The minimum Gasteiger partial charge on any atom is -0.329 e. The van der Waals surface area contributed by atoms with Gasteiger partial charge in [0.25, 0.3) is 5.56 Å². The zero-order valence-corrected chi connectivity index (χ0v) is 11.1. The van der Waals surface area contributed by atoms with Crippen molar-refractivity contribution in [1.29, 1.82) is 0 Å². The third-order valence-electron chi connectivity index (χ3n) is 2.52.